The number of ether oxygens (including phenoxy) is 2. The summed E-state index contributed by atoms with van der Waals surface area (Å²) in [6.07, 6.45) is 2.22. The molecule has 1 heterocycles. The number of ketones is 1. The molecular formula is C11H16O4. The van der Waals surface area contributed by atoms with E-state index in [-0.39, 0.29) is 24.3 Å². The van der Waals surface area contributed by atoms with Crippen LogP contribution in [0.4, 0.5) is 0 Å². The molecule has 1 saturated carbocycles. The molecule has 1 aliphatic carbocycles. The van der Waals surface area contributed by atoms with Crippen LogP contribution in [0.3, 0.4) is 0 Å². The fourth-order valence-corrected chi connectivity index (χ4v) is 2.22. The van der Waals surface area contributed by atoms with E-state index < -0.39 is 5.41 Å². The molecule has 15 heavy (non-hydrogen) atoms. The second-order valence-corrected chi connectivity index (χ2v) is 4.19. The highest BCUT2D eigenvalue weighted by molar-refractivity contribution is 6.05. The van der Waals surface area contributed by atoms with Crippen LogP contribution >= 0.6 is 0 Å². The SMILES string of the molecule is CCOC(=O)C1(C2CC2)COCCC1=O. The highest BCUT2D eigenvalue weighted by Crippen LogP contribution is 2.49. The first kappa shape index (κ1) is 10.6. The zero-order chi connectivity index (χ0) is 10.9. The Bertz CT molecular complexity index is 282. The van der Waals surface area contributed by atoms with Crippen LogP contribution in [-0.4, -0.2) is 31.6 Å². The van der Waals surface area contributed by atoms with Gasteiger partial charge >= 0.3 is 5.97 Å². The van der Waals surface area contributed by atoms with Crippen LogP contribution in [0.25, 0.3) is 0 Å². The molecule has 0 aromatic heterocycles. The van der Waals surface area contributed by atoms with E-state index in [1.54, 1.807) is 6.92 Å². The summed E-state index contributed by atoms with van der Waals surface area (Å²) in [5, 5.41) is 0. The van der Waals surface area contributed by atoms with E-state index in [1.165, 1.54) is 0 Å². The first-order valence-corrected chi connectivity index (χ1v) is 5.50. The van der Waals surface area contributed by atoms with Crippen LogP contribution in [0, 0.1) is 11.3 Å². The summed E-state index contributed by atoms with van der Waals surface area (Å²) in [5.74, 6) is -0.212. The summed E-state index contributed by atoms with van der Waals surface area (Å²) in [7, 11) is 0. The quantitative estimate of drug-likeness (QED) is 0.516. The lowest BCUT2D eigenvalue weighted by Gasteiger charge is -2.33. The predicted octanol–water partition coefficient (Wildman–Crippen LogP) is 0.935. The number of hydrogen-bond donors (Lipinski definition) is 0. The smallest absolute Gasteiger partial charge is 0.322 e. The molecule has 0 radical (unpaired) electrons. The lowest BCUT2D eigenvalue weighted by Crippen LogP contribution is -2.49. The van der Waals surface area contributed by atoms with Crippen LogP contribution < -0.4 is 0 Å². The van der Waals surface area contributed by atoms with Crippen molar-refractivity contribution in [3.63, 3.8) is 0 Å². The van der Waals surface area contributed by atoms with E-state index in [0.29, 0.717) is 19.6 Å². The van der Waals surface area contributed by atoms with Gasteiger partial charge in [0.25, 0.3) is 0 Å². The van der Waals surface area contributed by atoms with Gasteiger partial charge in [0.1, 0.15) is 0 Å². The van der Waals surface area contributed by atoms with Crippen LogP contribution in [0.1, 0.15) is 26.2 Å². The third-order valence-corrected chi connectivity index (χ3v) is 3.21. The van der Waals surface area contributed by atoms with Crippen LogP contribution in [0.15, 0.2) is 0 Å². The normalized spacial score (nSPS) is 31.4. The second kappa shape index (κ2) is 3.93. The average Bonchev–Trinajstić information content (AvgIpc) is 3.03. The topological polar surface area (TPSA) is 52.6 Å². The van der Waals surface area contributed by atoms with Gasteiger partial charge in [-0.05, 0) is 25.7 Å². The Morgan fingerprint density at radius 3 is 2.87 bits per heavy atom. The standard InChI is InChI=1S/C11H16O4/c1-2-15-10(13)11(8-3-4-8)7-14-6-5-9(11)12/h8H,2-7H2,1H3. The maximum Gasteiger partial charge on any atom is 0.322 e. The molecule has 1 atom stereocenters. The first-order valence-electron chi connectivity index (χ1n) is 5.50. The number of carbonyl (C=O) groups excluding carboxylic acids is 2. The Hall–Kier alpha value is -0.900. The van der Waals surface area contributed by atoms with Gasteiger partial charge in [-0.15, -0.1) is 0 Å². The molecule has 2 aliphatic rings. The third-order valence-electron chi connectivity index (χ3n) is 3.21. The number of carbonyl (C=O) groups is 2. The Morgan fingerprint density at radius 1 is 1.60 bits per heavy atom. The Morgan fingerprint density at radius 2 is 2.33 bits per heavy atom. The van der Waals surface area contributed by atoms with Gasteiger partial charge in [0.05, 0.1) is 19.8 Å². The Balaban J connectivity index is 2.21. The third kappa shape index (κ3) is 1.67. The van der Waals surface area contributed by atoms with Gasteiger partial charge in [0.2, 0.25) is 0 Å². The van der Waals surface area contributed by atoms with E-state index in [4.69, 9.17) is 9.47 Å². The second-order valence-electron chi connectivity index (χ2n) is 4.19. The maximum absolute atomic E-state index is 11.9. The summed E-state index contributed by atoms with van der Waals surface area (Å²) in [5.41, 5.74) is -0.964. The van der Waals surface area contributed by atoms with Crippen molar-refractivity contribution >= 4 is 11.8 Å². The van der Waals surface area contributed by atoms with Gasteiger partial charge in [-0.1, -0.05) is 0 Å². The number of Topliss-reactive ketones (excluding diaryl/α,β-unsaturated/α-hetero) is 1. The summed E-state index contributed by atoms with van der Waals surface area (Å²) in [6, 6.07) is 0. The zero-order valence-corrected chi connectivity index (χ0v) is 8.95. The predicted molar refractivity (Wildman–Crippen MR) is 52.2 cm³/mol. The minimum Gasteiger partial charge on any atom is -0.465 e. The molecule has 2 fully saturated rings. The van der Waals surface area contributed by atoms with Gasteiger partial charge in [0, 0.05) is 6.42 Å². The van der Waals surface area contributed by atoms with Crippen molar-refractivity contribution < 1.29 is 19.1 Å². The molecule has 2 rings (SSSR count). The van der Waals surface area contributed by atoms with Crippen LogP contribution in [0.5, 0.6) is 0 Å². The highest BCUT2D eigenvalue weighted by Gasteiger charge is 2.58. The van der Waals surface area contributed by atoms with Crippen molar-refractivity contribution in [3.05, 3.63) is 0 Å². The van der Waals surface area contributed by atoms with E-state index in [9.17, 15) is 9.59 Å². The molecule has 0 N–H and O–H groups in total. The molecule has 4 heteroatoms. The fourth-order valence-electron chi connectivity index (χ4n) is 2.22. The fraction of sp³-hybridized carbons (Fsp3) is 0.818. The minimum absolute atomic E-state index is 0.00898. The molecule has 0 aromatic carbocycles. The van der Waals surface area contributed by atoms with Crippen molar-refractivity contribution in [3.8, 4) is 0 Å². The highest BCUT2D eigenvalue weighted by atomic mass is 16.5. The van der Waals surface area contributed by atoms with Crippen LogP contribution in [-0.2, 0) is 19.1 Å². The molecule has 0 spiro atoms. The Labute approximate surface area is 88.9 Å². The number of rotatable bonds is 3. The van der Waals surface area contributed by atoms with Gasteiger partial charge in [0.15, 0.2) is 11.2 Å². The van der Waals surface area contributed by atoms with Crippen molar-refractivity contribution in [2.24, 2.45) is 11.3 Å². The van der Waals surface area contributed by atoms with E-state index >= 15 is 0 Å². The van der Waals surface area contributed by atoms with Crippen LogP contribution in [0.2, 0.25) is 0 Å². The molecule has 84 valence electrons. The molecule has 0 bridgehead atoms. The van der Waals surface area contributed by atoms with Crippen molar-refractivity contribution in [1.82, 2.24) is 0 Å². The molecular weight excluding hydrogens is 196 g/mol. The molecule has 0 amide bonds. The monoisotopic (exact) mass is 212 g/mol. The minimum atomic E-state index is -0.964. The molecule has 1 aliphatic heterocycles. The summed E-state index contributed by atoms with van der Waals surface area (Å²) < 4.78 is 10.3. The number of hydrogen-bond acceptors (Lipinski definition) is 4. The van der Waals surface area contributed by atoms with Gasteiger partial charge in [-0.25, -0.2) is 0 Å². The molecule has 1 saturated heterocycles. The molecule has 1 unspecified atom stereocenters. The van der Waals surface area contributed by atoms with Gasteiger partial charge < -0.3 is 9.47 Å². The molecule has 4 nitrogen and oxygen atoms in total. The van der Waals surface area contributed by atoms with Gasteiger partial charge in [-0.2, -0.15) is 0 Å². The molecule has 0 aromatic rings. The summed E-state index contributed by atoms with van der Waals surface area (Å²) >= 11 is 0. The first-order chi connectivity index (χ1) is 7.21. The van der Waals surface area contributed by atoms with Crippen molar-refractivity contribution in [2.75, 3.05) is 19.8 Å². The lowest BCUT2D eigenvalue weighted by molar-refractivity contribution is -0.171. The van der Waals surface area contributed by atoms with Gasteiger partial charge in [-0.3, -0.25) is 9.59 Å². The van der Waals surface area contributed by atoms with Crippen molar-refractivity contribution in [1.29, 1.82) is 0 Å². The lowest BCUT2D eigenvalue weighted by atomic mass is 9.76. The zero-order valence-electron chi connectivity index (χ0n) is 8.95. The summed E-state index contributed by atoms with van der Waals surface area (Å²) in [6.45, 7) is 2.73. The van der Waals surface area contributed by atoms with Crippen molar-refractivity contribution in [2.45, 2.75) is 26.2 Å². The Kier molecular flexibility index (Phi) is 2.78. The van der Waals surface area contributed by atoms with E-state index in [2.05, 4.69) is 0 Å². The van der Waals surface area contributed by atoms with E-state index in [0.717, 1.165) is 12.8 Å². The van der Waals surface area contributed by atoms with E-state index in [1.807, 2.05) is 0 Å². The maximum atomic E-state index is 11.9. The number of esters is 1. The largest absolute Gasteiger partial charge is 0.465 e. The summed E-state index contributed by atoms with van der Waals surface area (Å²) in [4.78, 5) is 23.8. The average molecular weight is 212 g/mol.